The molecule has 1 aromatic rings. The lowest BCUT2D eigenvalue weighted by Gasteiger charge is -2.15. The fourth-order valence-electron chi connectivity index (χ4n) is 1.31. The van der Waals surface area contributed by atoms with E-state index in [1.807, 2.05) is 20.8 Å². The lowest BCUT2D eigenvalue weighted by molar-refractivity contribution is 0.124. The zero-order valence-corrected chi connectivity index (χ0v) is 9.69. The minimum absolute atomic E-state index is 0.227. The molecule has 4 heteroatoms. The van der Waals surface area contributed by atoms with E-state index in [1.165, 1.54) is 6.33 Å². The number of ether oxygens (including phenoxy) is 1. The molecular formula is C11H18N2O2. The molecule has 0 fully saturated rings. The van der Waals surface area contributed by atoms with Gasteiger partial charge in [-0.25, -0.2) is 9.97 Å². The molecule has 1 N–H and O–H groups in total. The van der Waals surface area contributed by atoms with E-state index in [1.54, 1.807) is 7.11 Å². The lowest BCUT2D eigenvalue weighted by Crippen LogP contribution is -2.19. The molecule has 0 saturated heterocycles. The highest BCUT2D eigenvalue weighted by molar-refractivity contribution is 5.28. The summed E-state index contributed by atoms with van der Waals surface area (Å²) in [6, 6.07) is 0. The Bertz CT molecular complexity index is 326. The minimum atomic E-state index is -0.372. The van der Waals surface area contributed by atoms with Crippen molar-refractivity contribution >= 4 is 0 Å². The minimum Gasteiger partial charge on any atom is -0.481 e. The molecule has 1 aromatic heterocycles. The van der Waals surface area contributed by atoms with Crippen molar-refractivity contribution in [1.29, 1.82) is 0 Å². The first kappa shape index (κ1) is 11.9. The standard InChI is InChI=1S/C11H18N2O2/c1-7(2)10(14)5-9-8(3)11(15-4)13-6-12-9/h6-7,10,14H,5H2,1-4H3. The summed E-state index contributed by atoms with van der Waals surface area (Å²) in [4.78, 5) is 8.15. The van der Waals surface area contributed by atoms with Crippen molar-refractivity contribution in [2.45, 2.75) is 33.3 Å². The molecule has 1 unspecified atom stereocenters. The van der Waals surface area contributed by atoms with E-state index >= 15 is 0 Å². The third-order valence-electron chi connectivity index (χ3n) is 2.51. The summed E-state index contributed by atoms with van der Waals surface area (Å²) in [5.41, 5.74) is 1.75. The Kier molecular flexibility index (Phi) is 4.03. The second kappa shape index (κ2) is 5.07. The molecular weight excluding hydrogens is 192 g/mol. The van der Waals surface area contributed by atoms with Gasteiger partial charge in [-0.3, -0.25) is 0 Å². The van der Waals surface area contributed by atoms with Crippen molar-refractivity contribution < 1.29 is 9.84 Å². The Hall–Kier alpha value is -1.16. The normalized spacial score (nSPS) is 12.9. The number of nitrogens with zero attached hydrogens (tertiary/aromatic N) is 2. The van der Waals surface area contributed by atoms with E-state index in [2.05, 4.69) is 9.97 Å². The van der Waals surface area contributed by atoms with Gasteiger partial charge in [0, 0.05) is 12.0 Å². The molecule has 1 heterocycles. The summed E-state index contributed by atoms with van der Waals surface area (Å²) in [5, 5.41) is 9.77. The van der Waals surface area contributed by atoms with Gasteiger partial charge in [0.1, 0.15) is 6.33 Å². The number of methoxy groups -OCH3 is 1. The Morgan fingerprint density at radius 1 is 1.40 bits per heavy atom. The number of hydrogen-bond donors (Lipinski definition) is 1. The van der Waals surface area contributed by atoms with Crippen molar-refractivity contribution in [3.63, 3.8) is 0 Å². The highest BCUT2D eigenvalue weighted by Gasteiger charge is 2.14. The van der Waals surface area contributed by atoms with Gasteiger partial charge in [-0.1, -0.05) is 13.8 Å². The maximum absolute atomic E-state index is 9.77. The Morgan fingerprint density at radius 3 is 2.60 bits per heavy atom. The SMILES string of the molecule is COc1ncnc(CC(O)C(C)C)c1C. The summed E-state index contributed by atoms with van der Waals surface area (Å²) in [5.74, 6) is 0.807. The molecule has 0 saturated carbocycles. The largest absolute Gasteiger partial charge is 0.481 e. The van der Waals surface area contributed by atoms with E-state index in [4.69, 9.17) is 4.74 Å². The van der Waals surface area contributed by atoms with Crippen LogP contribution in [0.5, 0.6) is 5.88 Å². The van der Waals surface area contributed by atoms with Gasteiger partial charge < -0.3 is 9.84 Å². The summed E-state index contributed by atoms with van der Waals surface area (Å²) >= 11 is 0. The van der Waals surface area contributed by atoms with Crippen molar-refractivity contribution in [2.24, 2.45) is 5.92 Å². The molecule has 0 aromatic carbocycles. The van der Waals surface area contributed by atoms with Crippen LogP contribution in [0, 0.1) is 12.8 Å². The monoisotopic (exact) mass is 210 g/mol. The second-order valence-electron chi connectivity index (χ2n) is 3.97. The molecule has 15 heavy (non-hydrogen) atoms. The number of rotatable bonds is 4. The molecule has 0 bridgehead atoms. The number of aliphatic hydroxyl groups excluding tert-OH is 1. The van der Waals surface area contributed by atoms with E-state index in [0.29, 0.717) is 12.3 Å². The fourth-order valence-corrected chi connectivity index (χ4v) is 1.31. The van der Waals surface area contributed by atoms with Crippen LogP contribution in [0.3, 0.4) is 0 Å². The molecule has 0 aliphatic heterocycles. The predicted octanol–water partition coefficient (Wildman–Crippen LogP) is 1.35. The predicted molar refractivity (Wildman–Crippen MR) is 57.9 cm³/mol. The second-order valence-corrected chi connectivity index (χ2v) is 3.97. The van der Waals surface area contributed by atoms with Gasteiger partial charge in [0.15, 0.2) is 0 Å². The van der Waals surface area contributed by atoms with Crippen molar-refractivity contribution in [3.8, 4) is 5.88 Å². The van der Waals surface area contributed by atoms with E-state index in [9.17, 15) is 5.11 Å². The Balaban J connectivity index is 2.86. The van der Waals surface area contributed by atoms with Crippen LogP contribution in [-0.4, -0.2) is 28.3 Å². The number of hydrogen-bond acceptors (Lipinski definition) is 4. The zero-order chi connectivity index (χ0) is 11.4. The molecule has 0 amide bonds. The van der Waals surface area contributed by atoms with Gasteiger partial charge in [0.2, 0.25) is 5.88 Å². The maximum atomic E-state index is 9.77. The van der Waals surface area contributed by atoms with Crippen LogP contribution in [0.25, 0.3) is 0 Å². The number of aromatic nitrogens is 2. The molecule has 0 spiro atoms. The molecule has 0 radical (unpaired) electrons. The van der Waals surface area contributed by atoms with Crippen LogP contribution in [0.15, 0.2) is 6.33 Å². The first-order valence-corrected chi connectivity index (χ1v) is 5.08. The van der Waals surface area contributed by atoms with Crippen LogP contribution in [-0.2, 0) is 6.42 Å². The van der Waals surface area contributed by atoms with Crippen LogP contribution in [0.4, 0.5) is 0 Å². The highest BCUT2D eigenvalue weighted by Crippen LogP contribution is 2.18. The van der Waals surface area contributed by atoms with Crippen LogP contribution in [0.1, 0.15) is 25.1 Å². The van der Waals surface area contributed by atoms with E-state index < -0.39 is 0 Å². The maximum Gasteiger partial charge on any atom is 0.219 e. The first-order chi connectivity index (χ1) is 7.06. The molecule has 84 valence electrons. The quantitative estimate of drug-likeness (QED) is 0.815. The van der Waals surface area contributed by atoms with E-state index in [-0.39, 0.29) is 12.0 Å². The molecule has 0 aliphatic carbocycles. The summed E-state index contributed by atoms with van der Waals surface area (Å²) < 4.78 is 5.09. The van der Waals surface area contributed by atoms with Gasteiger partial charge >= 0.3 is 0 Å². The number of aliphatic hydroxyl groups is 1. The Labute approximate surface area is 90.3 Å². The summed E-state index contributed by atoms with van der Waals surface area (Å²) in [7, 11) is 1.58. The third-order valence-corrected chi connectivity index (χ3v) is 2.51. The van der Waals surface area contributed by atoms with Gasteiger partial charge in [-0.05, 0) is 12.8 Å². The van der Waals surface area contributed by atoms with Crippen molar-refractivity contribution in [1.82, 2.24) is 9.97 Å². The topological polar surface area (TPSA) is 55.2 Å². The average molecular weight is 210 g/mol. The van der Waals surface area contributed by atoms with Crippen molar-refractivity contribution in [2.75, 3.05) is 7.11 Å². The average Bonchev–Trinajstić information content (AvgIpc) is 2.21. The summed E-state index contributed by atoms with van der Waals surface area (Å²) in [6.45, 7) is 5.87. The van der Waals surface area contributed by atoms with Gasteiger partial charge in [-0.2, -0.15) is 0 Å². The molecule has 1 atom stereocenters. The third kappa shape index (κ3) is 2.89. The van der Waals surface area contributed by atoms with Crippen LogP contribution < -0.4 is 4.74 Å². The van der Waals surface area contributed by atoms with Crippen LogP contribution >= 0.6 is 0 Å². The fraction of sp³-hybridized carbons (Fsp3) is 0.636. The van der Waals surface area contributed by atoms with Gasteiger partial charge in [0.25, 0.3) is 0 Å². The summed E-state index contributed by atoms with van der Waals surface area (Å²) in [6.07, 6.45) is 1.64. The molecule has 4 nitrogen and oxygen atoms in total. The van der Waals surface area contributed by atoms with Crippen molar-refractivity contribution in [3.05, 3.63) is 17.6 Å². The zero-order valence-electron chi connectivity index (χ0n) is 9.69. The Morgan fingerprint density at radius 2 is 2.07 bits per heavy atom. The molecule has 0 aliphatic rings. The lowest BCUT2D eigenvalue weighted by atomic mass is 10.0. The van der Waals surface area contributed by atoms with E-state index in [0.717, 1.165) is 11.3 Å². The first-order valence-electron chi connectivity index (χ1n) is 5.08. The smallest absolute Gasteiger partial charge is 0.219 e. The van der Waals surface area contributed by atoms with Gasteiger partial charge in [-0.15, -0.1) is 0 Å². The van der Waals surface area contributed by atoms with Gasteiger partial charge in [0.05, 0.1) is 18.9 Å². The van der Waals surface area contributed by atoms with Crippen LogP contribution in [0.2, 0.25) is 0 Å². The molecule has 1 rings (SSSR count). The highest BCUT2D eigenvalue weighted by atomic mass is 16.5.